The van der Waals surface area contributed by atoms with Crippen LogP contribution in [0.2, 0.25) is 0 Å². The van der Waals surface area contributed by atoms with Gasteiger partial charge < -0.3 is 24.8 Å². The summed E-state index contributed by atoms with van der Waals surface area (Å²) >= 11 is 1.33. The number of methoxy groups -OCH3 is 3. The minimum absolute atomic E-state index is 0.297. The number of thiazole rings is 1. The van der Waals surface area contributed by atoms with Crippen molar-refractivity contribution < 1.29 is 19.0 Å². The molecule has 0 aliphatic heterocycles. The highest BCUT2D eigenvalue weighted by molar-refractivity contribution is 7.14. The molecule has 0 saturated heterocycles. The molecule has 1 aromatic heterocycles. The molecule has 1 amide bonds. The summed E-state index contributed by atoms with van der Waals surface area (Å²) in [6, 6.07) is 12.6. The fraction of sp³-hybridized carbons (Fsp3) is 0.158. The van der Waals surface area contributed by atoms with E-state index in [1.807, 2.05) is 18.2 Å². The topological polar surface area (TPSA) is 81.7 Å². The predicted molar refractivity (Wildman–Crippen MR) is 106 cm³/mol. The average molecular weight is 385 g/mol. The van der Waals surface area contributed by atoms with Crippen molar-refractivity contribution in [2.24, 2.45) is 0 Å². The number of aromatic nitrogens is 1. The van der Waals surface area contributed by atoms with E-state index in [0.717, 1.165) is 5.69 Å². The van der Waals surface area contributed by atoms with E-state index in [4.69, 9.17) is 14.2 Å². The standard InChI is InChI=1S/C19H19N3O4S/c1-24-13-6-4-5-12(9-13)20-18(23)16-11-27-19(22-16)21-15-8-7-14(25-2)10-17(15)26-3/h4-11H,1-3H3,(H,20,23)(H,21,22). The van der Waals surface area contributed by atoms with Crippen LogP contribution in [0.3, 0.4) is 0 Å². The van der Waals surface area contributed by atoms with E-state index in [-0.39, 0.29) is 5.91 Å². The molecule has 3 rings (SSSR count). The molecule has 140 valence electrons. The summed E-state index contributed by atoms with van der Waals surface area (Å²) in [4.78, 5) is 16.7. The molecule has 2 aromatic carbocycles. The number of ether oxygens (including phenoxy) is 3. The van der Waals surface area contributed by atoms with Gasteiger partial charge >= 0.3 is 0 Å². The summed E-state index contributed by atoms with van der Waals surface area (Å²) in [5.41, 5.74) is 1.68. The van der Waals surface area contributed by atoms with Crippen LogP contribution in [0.1, 0.15) is 10.5 Å². The first-order valence-corrected chi connectivity index (χ1v) is 8.91. The van der Waals surface area contributed by atoms with Gasteiger partial charge in [-0.05, 0) is 24.3 Å². The Labute approximate surface area is 160 Å². The van der Waals surface area contributed by atoms with Crippen molar-refractivity contribution >= 4 is 33.8 Å². The van der Waals surface area contributed by atoms with Crippen molar-refractivity contribution in [3.05, 3.63) is 53.5 Å². The molecule has 0 aliphatic rings. The molecule has 2 N–H and O–H groups in total. The number of nitrogens with zero attached hydrogens (tertiary/aromatic N) is 1. The Morgan fingerprint density at radius 1 is 1.00 bits per heavy atom. The summed E-state index contributed by atoms with van der Waals surface area (Å²) in [5, 5.41) is 8.23. The van der Waals surface area contributed by atoms with Gasteiger partial charge in [0.15, 0.2) is 5.13 Å². The highest BCUT2D eigenvalue weighted by Gasteiger charge is 2.13. The zero-order valence-corrected chi connectivity index (χ0v) is 15.9. The van der Waals surface area contributed by atoms with Crippen LogP contribution < -0.4 is 24.8 Å². The van der Waals surface area contributed by atoms with Gasteiger partial charge in [0.1, 0.15) is 22.9 Å². The summed E-state index contributed by atoms with van der Waals surface area (Å²) in [6.07, 6.45) is 0. The van der Waals surface area contributed by atoms with Crippen molar-refractivity contribution in [2.75, 3.05) is 32.0 Å². The Kier molecular flexibility index (Phi) is 5.77. The highest BCUT2D eigenvalue weighted by Crippen LogP contribution is 2.32. The van der Waals surface area contributed by atoms with Gasteiger partial charge in [-0.2, -0.15) is 0 Å². The summed E-state index contributed by atoms with van der Waals surface area (Å²) in [7, 11) is 4.75. The van der Waals surface area contributed by atoms with E-state index in [0.29, 0.717) is 33.8 Å². The van der Waals surface area contributed by atoms with E-state index < -0.39 is 0 Å². The van der Waals surface area contributed by atoms with Crippen LogP contribution in [-0.4, -0.2) is 32.2 Å². The quantitative estimate of drug-likeness (QED) is 0.635. The van der Waals surface area contributed by atoms with Crippen molar-refractivity contribution in [3.8, 4) is 17.2 Å². The first-order chi connectivity index (χ1) is 13.1. The predicted octanol–water partition coefficient (Wildman–Crippen LogP) is 4.16. The molecule has 0 unspecified atom stereocenters. The van der Waals surface area contributed by atoms with E-state index in [1.165, 1.54) is 11.3 Å². The molecule has 3 aromatic rings. The van der Waals surface area contributed by atoms with Crippen LogP contribution in [0, 0.1) is 0 Å². The van der Waals surface area contributed by atoms with Crippen LogP contribution in [0.25, 0.3) is 0 Å². The number of hydrogen-bond donors (Lipinski definition) is 2. The number of benzene rings is 2. The van der Waals surface area contributed by atoms with Gasteiger partial charge in [0, 0.05) is 23.2 Å². The van der Waals surface area contributed by atoms with E-state index in [1.54, 1.807) is 51.0 Å². The van der Waals surface area contributed by atoms with Crippen LogP contribution in [0.15, 0.2) is 47.8 Å². The molecule has 0 bridgehead atoms. The van der Waals surface area contributed by atoms with E-state index in [9.17, 15) is 4.79 Å². The number of hydrogen-bond acceptors (Lipinski definition) is 7. The Morgan fingerprint density at radius 2 is 1.78 bits per heavy atom. The average Bonchev–Trinajstić information content (AvgIpc) is 3.17. The monoisotopic (exact) mass is 385 g/mol. The lowest BCUT2D eigenvalue weighted by Gasteiger charge is -2.10. The molecule has 27 heavy (non-hydrogen) atoms. The number of amides is 1. The number of carbonyl (C=O) groups is 1. The van der Waals surface area contributed by atoms with Crippen molar-refractivity contribution in [1.82, 2.24) is 4.98 Å². The number of anilines is 3. The van der Waals surface area contributed by atoms with E-state index in [2.05, 4.69) is 15.6 Å². The molecule has 0 radical (unpaired) electrons. The minimum Gasteiger partial charge on any atom is -0.497 e. The Morgan fingerprint density at radius 3 is 2.52 bits per heavy atom. The molecule has 7 nitrogen and oxygen atoms in total. The second kappa shape index (κ2) is 8.41. The van der Waals surface area contributed by atoms with Gasteiger partial charge in [0.05, 0.1) is 27.0 Å². The third-order valence-electron chi connectivity index (χ3n) is 3.71. The number of carbonyl (C=O) groups excluding carboxylic acids is 1. The second-order valence-corrected chi connectivity index (χ2v) is 6.27. The normalized spacial score (nSPS) is 10.2. The second-order valence-electron chi connectivity index (χ2n) is 5.42. The molecule has 0 aliphatic carbocycles. The summed E-state index contributed by atoms with van der Waals surface area (Å²) in [6.45, 7) is 0. The SMILES string of the molecule is COc1cccc(NC(=O)c2csc(Nc3ccc(OC)cc3OC)n2)c1. The van der Waals surface area contributed by atoms with Gasteiger partial charge in [0.2, 0.25) is 0 Å². The molecule has 0 atom stereocenters. The Balaban J connectivity index is 1.72. The van der Waals surface area contributed by atoms with Crippen molar-refractivity contribution in [3.63, 3.8) is 0 Å². The summed E-state index contributed by atoms with van der Waals surface area (Å²) in [5.74, 6) is 1.68. The molecular weight excluding hydrogens is 366 g/mol. The van der Waals surface area contributed by atoms with E-state index >= 15 is 0 Å². The Bertz CT molecular complexity index is 942. The van der Waals surface area contributed by atoms with Gasteiger partial charge in [-0.1, -0.05) is 6.07 Å². The largest absolute Gasteiger partial charge is 0.497 e. The van der Waals surface area contributed by atoms with Crippen molar-refractivity contribution in [1.29, 1.82) is 0 Å². The third kappa shape index (κ3) is 4.48. The summed E-state index contributed by atoms with van der Waals surface area (Å²) < 4.78 is 15.7. The maximum absolute atomic E-state index is 12.4. The zero-order valence-electron chi connectivity index (χ0n) is 15.1. The lowest BCUT2D eigenvalue weighted by atomic mass is 10.2. The minimum atomic E-state index is -0.297. The molecule has 0 saturated carbocycles. The van der Waals surface area contributed by atoms with Crippen LogP contribution in [-0.2, 0) is 0 Å². The maximum atomic E-state index is 12.4. The highest BCUT2D eigenvalue weighted by atomic mass is 32.1. The third-order valence-corrected chi connectivity index (χ3v) is 4.47. The smallest absolute Gasteiger partial charge is 0.275 e. The lowest BCUT2D eigenvalue weighted by molar-refractivity contribution is 0.102. The maximum Gasteiger partial charge on any atom is 0.275 e. The van der Waals surface area contributed by atoms with Gasteiger partial charge in [0.25, 0.3) is 5.91 Å². The molecule has 0 fully saturated rings. The zero-order chi connectivity index (χ0) is 19.2. The number of rotatable bonds is 7. The fourth-order valence-corrected chi connectivity index (χ4v) is 3.05. The van der Waals surface area contributed by atoms with Crippen LogP contribution in [0.5, 0.6) is 17.2 Å². The van der Waals surface area contributed by atoms with Crippen LogP contribution >= 0.6 is 11.3 Å². The number of nitrogens with one attached hydrogen (secondary N) is 2. The van der Waals surface area contributed by atoms with Gasteiger partial charge in [-0.15, -0.1) is 11.3 Å². The molecular formula is C19H19N3O4S. The van der Waals surface area contributed by atoms with Crippen molar-refractivity contribution in [2.45, 2.75) is 0 Å². The molecule has 8 heteroatoms. The molecule has 0 spiro atoms. The lowest BCUT2D eigenvalue weighted by Crippen LogP contribution is -2.12. The Hall–Kier alpha value is -3.26. The molecule has 1 heterocycles. The van der Waals surface area contributed by atoms with Crippen LogP contribution in [0.4, 0.5) is 16.5 Å². The fourth-order valence-electron chi connectivity index (χ4n) is 2.35. The van der Waals surface area contributed by atoms with Gasteiger partial charge in [-0.3, -0.25) is 4.79 Å². The van der Waals surface area contributed by atoms with Gasteiger partial charge in [-0.25, -0.2) is 4.98 Å². The first kappa shape index (κ1) is 18.5. The first-order valence-electron chi connectivity index (χ1n) is 8.03.